The molecular formula is C16H17N9. The monoisotopic (exact) mass is 335 g/mol. The molecule has 126 valence electrons. The minimum absolute atomic E-state index is 0.632. The van der Waals surface area contributed by atoms with E-state index in [2.05, 4.69) is 30.7 Å². The Balaban J connectivity index is 1.66. The van der Waals surface area contributed by atoms with Crippen LogP contribution in [0.2, 0.25) is 0 Å². The largest absolute Gasteiger partial charge is 0.274 e. The predicted octanol–water partition coefficient (Wildman–Crippen LogP) is 1.32. The molecule has 0 radical (unpaired) electrons. The molecule has 0 N–H and O–H groups in total. The minimum atomic E-state index is 0.632. The molecular weight excluding hydrogens is 318 g/mol. The molecule has 0 saturated carbocycles. The molecule has 0 aliphatic carbocycles. The van der Waals surface area contributed by atoms with Gasteiger partial charge in [0.25, 0.3) is 0 Å². The Bertz CT molecular complexity index is 1010. The fourth-order valence-corrected chi connectivity index (χ4v) is 2.63. The normalized spacial score (nSPS) is 11.2. The molecule has 9 nitrogen and oxygen atoms in total. The summed E-state index contributed by atoms with van der Waals surface area (Å²) in [5.41, 5.74) is 2.98. The van der Waals surface area contributed by atoms with Crippen LogP contribution in [0.5, 0.6) is 0 Å². The van der Waals surface area contributed by atoms with Crippen LogP contribution in [-0.2, 0) is 13.6 Å². The molecule has 25 heavy (non-hydrogen) atoms. The maximum Gasteiger partial charge on any atom is 0.163 e. The van der Waals surface area contributed by atoms with Crippen molar-refractivity contribution in [2.24, 2.45) is 7.05 Å². The molecule has 0 aliphatic heterocycles. The second-order valence-corrected chi connectivity index (χ2v) is 5.85. The van der Waals surface area contributed by atoms with E-state index in [1.807, 2.05) is 56.0 Å². The lowest BCUT2D eigenvalue weighted by molar-refractivity contribution is 0.633. The summed E-state index contributed by atoms with van der Waals surface area (Å²) in [7, 11) is 1.88. The molecule has 1 aromatic carbocycles. The quantitative estimate of drug-likeness (QED) is 0.558. The highest BCUT2D eigenvalue weighted by molar-refractivity contribution is 5.58. The van der Waals surface area contributed by atoms with Gasteiger partial charge in [-0.15, -0.1) is 5.10 Å². The highest BCUT2D eigenvalue weighted by Crippen LogP contribution is 2.21. The summed E-state index contributed by atoms with van der Waals surface area (Å²) in [6, 6.07) is 8.17. The van der Waals surface area contributed by atoms with Gasteiger partial charge in [0.1, 0.15) is 17.3 Å². The molecule has 3 heterocycles. The van der Waals surface area contributed by atoms with Crippen molar-refractivity contribution in [1.29, 1.82) is 0 Å². The molecule has 0 atom stereocenters. The number of hydrogen-bond acceptors (Lipinski definition) is 6. The third-order valence-corrected chi connectivity index (χ3v) is 3.90. The highest BCUT2D eigenvalue weighted by Gasteiger charge is 2.13. The number of aromatic nitrogens is 9. The average molecular weight is 335 g/mol. The second kappa shape index (κ2) is 5.93. The fourth-order valence-electron chi connectivity index (χ4n) is 2.63. The van der Waals surface area contributed by atoms with Crippen molar-refractivity contribution in [3.05, 3.63) is 53.9 Å². The first-order valence-electron chi connectivity index (χ1n) is 7.85. The van der Waals surface area contributed by atoms with E-state index < -0.39 is 0 Å². The standard InChI is InChI=1S/C16H17N9/c1-11-18-16(25(20-11)15-8-17-23(3)10-15)14-6-4-13(5-7-14)9-24-12(2)19-21-22-24/h4-8,10H,9H2,1-3H3. The maximum atomic E-state index is 4.56. The molecule has 4 aromatic rings. The summed E-state index contributed by atoms with van der Waals surface area (Å²) in [5.74, 6) is 2.29. The van der Waals surface area contributed by atoms with Crippen LogP contribution in [0, 0.1) is 13.8 Å². The van der Waals surface area contributed by atoms with Crippen LogP contribution in [0.4, 0.5) is 0 Å². The lowest BCUT2D eigenvalue weighted by Crippen LogP contribution is -2.04. The number of tetrazole rings is 1. The first kappa shape index (κ1) is 15.2. The van der Waals surface area contributed by atoms with Crippen LogP contribution < -0.4 is 0 Å². The van der Waals surface area contributed by atoms with Crippen LogP contribution in [0.3, 0.4) is 0 Å². The van der Waals surface area contributed by atoms with E-state index in [1.54, 1.807) is 15.6 Å². The summed E-state index contributed by atoms with van der Waals surface area (Å²) in [4.78, 5) is 4.56. The molecule has 0 spiro atoms. The molecule has 9 heteroatoms. The zero-order valence-corrected chi connectivity index (χ0v) is 14.2. The summed E-state index contributed by atoms with van der Waals surface area (Å²) in [6.07, 6.45) is 3.68. The Morgan fingerprint density at radius 2 is 1.88 bits per heavy atom. The van der Waals surface area contributed by atoms with Crippen molar-refractivity contribution in [3.63, 3.8) is 0 Å². The van der Waals surface area contributed by atoms with Crippen molar-refractivity contribution < 1.29 is 0 Å². The van der Waals surface area contributed by atoms with E-state index in [-0.39, 0.29) is 0 Å². The van der Waals surface area contributed by atoms with Crippen molar-refractivity contribution in [2.45, 2.75) is 20.4 Å². The lowest BCUT2D eigenvalue weighted by atomic mass is 10.1. The van der Waals surface area contributed by atoms with E-state index in [9.17, 15) is 0 Å². The van der Waals surface area contributed by atoms with Crippen molar-refractivity contribution in [2.75, 3.05) is 0 Å². The van der Waals surface area contributed by atoms with Gasteiger partial charge in [-0.3, -0.25) is 4.68 Å². The van der Waals surface area contributed by atoms with Crippen LogP contribution in [-0.4, -0.2) is 44.8 Å². The van der Waals surface area contributed by atoms with E-state index in [4.69, 9.17) is 0 Å². The van der Waals surface area contributed by atoms with E-state index in [0.717, 1.165) is 28.5 Å². The molecule has 0 fully saturated rings. The van der Waals surface area contributed by atoms with Gasteiger partial charge in [-0.05, 0) is 29.8 Å². The molecule has 0 amide bonds. The Morgan fingerprint density at radius 3 is 2.52 bits per heavy atom. The first-order valence-corrected chi connectivity index (χ1v) is 7.85. The molecule has 0 aliphatic rings. The van der Waals surface area contributed by atoms with Gasteiger partial charge in [-0.2, -0.15) is 10.2 Å². The van der Waals surface area contributed by atoms with Gasteiger partial charge in [0, 0.05) is 12.6 Å². The summed E-state index contributed by atoms with van der Waals surface area (Å²) in [5, 5.41) is 20.2. The van der Waals surface area contributed by atoms with Gasteiger partial charge in [-0.1, -0.05) is 24.3 Å². The Kier molecular flexibility index (Phi) is 3.60. The minimum Gasteiger partial charge on any atom is -0.274 e. The number of benzene rings is 1. The van der Waals surface area contributed by atoms with Gasteiger partial charge >= 0.3 is 0 Å². The second-order valence-electron chi connectivity index (χ2n) is 5.85. The zero-order valence-electron chi connectivity index (χ0n) is 14.2. The number of nitrogens with zero attached hydrogens (tertiary/aromatic N) is 9. The summed E-state index contributed by atoms with van der Waals surface area (Å²) >= 11 is 0. The average Bonchev–Trinajstić information content (AvgIpc) is 3.30. The van der Waals surface area contributed by atoms with Gasteiger partial charge < -0.3 is 0 Å². The van der Waals surface area contributed by atoms with Gasteiger partial charge in [0.15, 0.2) is 5.82 Å². The van der Waals surface area contributed by atoms with E-state index in [0.29, 0.717) is 12.4 Å². The Labute approximate surface area is 143 Å². The molecule has 0 bridgehead atoms. The molecule has 3 aromatic heterocycles. The first-order chi connectivity index (χ1) is 12.1. The lowest BCUT2D eigenvalue weighted by Gasteiger charge is -2.06. The summed E-state index contributed by atoms with van der Waals surface area (Å²) < 4.78 is 5.31. The highest BCUT2D eigenvalue weighted by atomic mass is 15.5. The predicted molar refractivity (Wildman–Crippen MR) is 90.0 cm³/mol. The van der Waals surface area contributed by atoms with Gasteiger partial charge in [0.05, 0.1) is 18.9 Å². The SMILES string of the molecule is Cc1nc(-c2ccc(Cn3nnnc3C)cc2)n(-c2cnn(C)c2)n1. The topological polar surface area (TPSA) is 92.1 Å². The Hall–Kier alpha value is -3.36. The smallest absolute Gasteiger partial charge is 0.163 e. The maximum absolute atomic E-state index is 4.56. The number of aryl methyl sites for hydroxylation is 3. The third kappa shape index (κ3) is 2.91. The van der Waals surface area contributed by atoms with Gasteiger partial charge in [0.2, 0.25) is 0 Å². The fraction of sp³-hybridized carbons (Fsp3) is 0.250. The van der Waals surface area contributed by atoms with Gasteiger partial charge in [-0.25, -0.2) is 14.3 Å². The molecule has 4 rings (SSSR count). The molecule has 0 saturated heterocycles. The van der Waals surface area contributed by atoms with Crippen LogP contribution in [0.15, 0.2) is 36.7 Å². The zero-order chi connectivity index (χ0) is 17.4. The van der Waals surface area contributed by atoms with E-state index in [1.165, 1.54) is 0 Å². The van der Waals surface area contributed by atoms with Crippen molar-refractivity contribution in [1.82, 2.24) is 44.8 Å². The van der Waals surface area contributed by atoms with Crippen LogP contribution in [0.1, 0.15) is 17.2 Å². The Morgan fingerprint density at radius 1 is 1.08 bits per heavy atom. The van der Waals surface area contributed by atoms with Crippen molar-refractivity contribution in [3.8, 4) is 17.1 Å². The van der Waals surface area contributed by atoms with Crippen molar-refractivity contribution >= 4 is 0 Å². The number of hydrogen-bond donors (Lipinski definition) is 0. The third-order valence-electron chi connectivity index (χ3n) is 3.90. The number of rotatable bonds is 4. The van der Waals surface area contributed by atoms with Crippen LogP contribution in [0.25, 0.3) is 17.1 Å². The van der Waals surface area contributed by atoms with Crippen LogP contribution >= 0.6 is 0 Å². The van der Waals surface area contributed by atoms with E-state index >= 15 is 0 Å². The molecule has 0 unspecified atom stereocenters. The summed E-state index contributed by atoms with van der Waals surface area (Å²) in [6.45, 7) is 4.40.